The molecule has 0 bridgehead atoms. The summed E-state index contributed by atoms with van der Waals surface area (Å²) in [6, 6.07) is 43.5. The summed E-state index contributed by atoms with van der Waals surface area (Å²) in [4.78, 5) is 0. The summed E-state index contributed by atoms with van der Waals surface area (Å²) in [7, 11) is 0. The lowest BCUT2D eigenvalue weighted by atomic mass is 10.1. The number of benzene rings is 5. The Kier molecular flexibility index (Phi) is 3.58. The summed E-state index contributed by atoms with van der Waals surface area (Å²) < 4.78 is 4.77. The molecule has 150 valence electrons. The second-order valence-corrected chi connectivity index (χ2v) is 8.26. The number of hydrogen-bond acceptors (Lipinski definition) is 0. The Hall–Kier alpha value is -4.30. The molecule has 2 aromatic heterocycles. The monoisotopic (exact) mass is 410 g/mol. The molecule has 0 aliphatic rings. The molecule has 0 N–H and O–H groups in total. The van der Waals surface area contributed by atoms with E-state index >= 15 is 0 Å². The van der Waals surface area contributed by atoms with Gasteiger partial charge in [-0.15, -0.1) is 0 Å². The third kappa shape index (κ3) is 2.35. The quantitative estimate of drug-likeness (QED) is 0.274. The van der Waals surface area contributed by atoms with Gasteiger partial charge in [-0.3, -0.25) is 0 Å². The van der Waals surface area contributed by atoms with E-state index in [4.69, 9.17) is 0 Å². The number of para-hydroxylation sites is 4. The summed E-state index contributed by atoms with van der Waals surface area (Å²) in [6.07, 6.45) is 0. The van der Waals surface area contributed by atoms with E-state index in [1.807, 2.05) is 0 Å². The van der Waals surface area contributed by atoms with Gasteiger partial charge >= 0.3 is 0 Å². The fourth-order valence-electron chi connectivity index (χ4n) is 5.14. The molecular formula is C30H20N2. The lowest BCUT2D eigenvalue weighted by molar-refractivity contribution is 1.16. The Morgan fingerprint density at radius 2 is 0.719 bits per heavy atom. The number of fused-ring (bicyclic) bond motifs is 6. The van der Waals surface area contributed by atoms with Crippen LogP contribution in [0.4, 0.5) is 0 Å². The highest BCUT2D eigenvalue weighted by atomic mass is 15.7. The molecule has 2 heterocycles. The average molecular weight is 410 g/mol. The molecule has 0 unspecified atom stereocenters. The summed E-state index contributed by atoms with van der Waals surface area (Å²) in [5, 5.41) is 5.13. The van der Waals surface area contributed by atoms with Gasteiger partial charge in [-0.25, -0.2) is 0 Å². The second-order valence-electron chi connectivity index (χ2n) is 8.26. The Morgan fingerprint density at radius 1 is 0.312 bits per heavy atom. The van der Waals surface area contributed by atoms with Gasteiger partial charge in [0.1, 0.15) is 0 Å². The summed E-state index contributed by atoms with van der Waals surface area (Å²) in [6.45, 7) is 0. The van der Waals surface area contributed by atoms with Crippen LogP contribution in [0.2, 0.25) is 0 Å². The largest absolute Gasteiger partial charge is 0.309 e. The van der Waals surface area contributed by atoms with Crippen LogP contribution in [0.3, 0.4) is 0 Å². The van der Waals surface area contributed by atoms with Gasteiger partial charge in [0.2, 0.25) is 0 Å². The third-order valence-corrected chi connectivity index (χ3v) is 6.49. The van der Waals surface area contributed by atoms with Crippen LogP contribution in [-0.2, 0) is 0 Å². The Labute approximate surface area is 185 Å². The minimum Gasteiger partial charge on any atom is -0.309 e. The Morgan fingerprint density at radius 3 is 1.19 bits per heavy atom. The molecule has 0 radical (unpaired) electrons. The van der Waals surface area contributed by atoms with Gasteiger partial charge < -0.3 is 9.13 Å². The van der Waals surface area contributed by atoms with E-state index in [9.17, 15) is 0 Å². The molecule has 2 nitrogen and oxygen atoms in total. The molecule has 0 aliphatic heterocycles. The molecule has 0 aliphatic carbocycles. The van der Waals surface area contributed by atoms with Gasteiger partial charge in [0.05, 0.1) is 22.1 Å². The van der Waals surface area contributed by atoms with Crippen LogP contribution < -0.4 is 0 Å². The number of hydrogen-bond donors (Lipinski definition) is 0. The average Bonchev–Trinajstić information content (AvgIpc) is 3.36. The van der Waals surface area contributed by atoms with Gasteiger partial charge in [-0.05, 0) is 48.5 Å². The summed E-state index contributed by atoms with van der Waals surface area (Å²) in [5.74, 6) is 0. The van der Waals surface area contributed by atoms with Crippen LogP contribution in [0.25, 0.3) is 55.0 Å². The zero-order valence-electron chi connectivity index (χ0n) is 17.4. The molecule has 32 heavy (non-hydrogen) atoms. The van der Waals surface area contributed by atoms with Gasteiger partial charge in [-0.2, -0.15) is 0 Å². The summed E-state index contributed by atoms with van der Waals surface area (Å²) >= 11 is 0. The maximum atomic E-state index is 2.39. The van der Waals surface area contributed by atoms with Crippen LogP contribution >= 0.6 is 0 Å². The maximum absolute atomic E-state index is 2.39. The second kappa shape index (κ2) is 6.60. The van der Waals surface area contributed by atoms with Crippen LogP contribution in [0.15, 0.2) is 121 Å². The molecule has 0 spiro atoms. The molecule has 0 amide bonds. The van der Waals surface area contributed by atoms with Crippen molar-refractivity contribution in [1.29, 1.82) is 0 Å². The molecule has 7 rings (SSSR count). The predicted molar refractivity (Wildman–Crippen MR) is 135 cm³/mol. The van der Waals surface area contributed by atoms with E-state index in [2.05, 4.69) is 130 Å². The van der Waals surface area contributed by atoms with Gasteiger partial charge in [0.15, 0.2) is 0 Å². The first-order valence-corrected chi connectivity index (χ1v) is 11.0. The molecule has 2 heteroatoms. The van der Waals surface area contributed by atoms with Crippen molar-refractivity contribution in [3.05, 3.63) is 121 Å². The van der Waals surface area contributed by atoms with Crippen molar-refractivity contribution in [3.8, 4) is 11.4 Å². The van der Waals surface area contributed by atoms with Crippen molar-refractivity contribution in [1.82, 2.24) is 9.13 Å². The van der Waals surface area contributed by atoms with Gasteiger partial charge in [0, 0.05) is 32.9 Å². The first kappa shape index (κ1) is 17.4. The smallest absolute Gasteiger partial charge is 0.0562 e. The van der Waals surface area contributed by atoms with Crippen LogP contribution in [-0.4, -0.2) is 9.13 Å². The normalized spacial score (nSPS) is 11.8. The summed E-state index contributed by atoms with van der Waals surface area (Å²) in [5.41, 5.74) is 7.28. The predicted octanol–water partition coefficient (Wildman–Crippen LogP) is 7.88. The highest BCUT2D eigenvalue weighted by molar-refractivity contribution is 6.19. The topological polar surface area (TPSA) is 9.86 Å². The van der Waals surface area contributed by atoms with E-state index in [0.29, 0.717) is 0 Å². The molecule has 5 aromatic carbocycles. The van der Waals surface area contributed by atoms with Crippen molar-refractivity contribution in [2.24, 2.45) is 0 Å². The van der Waals surface area contributed by atoms with Crippen molar-refractivity contribution < 1.29 is 0 Å². The lowest BCUT2D eigenvalue weighted by Crippen LogP contribution is -1.95. The van der Waals surface area contributed by atoms with E-state index in [0.717, 1.165) is 0 Å². The van der Waals surface area contributed by atoms with Gasteiger partial charge in [0.25, 0.3) is 0 Å². The lowest BCUT2D eigenvalue weighted by Gasteiger charge is -2.10. The van der Waals surface area contributed by atoms with Crippen molar-refractivity contribution in [2.75, 3.05) is 0 Å². The minimum atomic E-state index is 1.18. The van der Waals surface area contributed by atoms with Crippen LogP contribution in [0, 0.1) is 0 Å². The minimum absolute atomic E-state index is 1.18. The highest BCUT2D eigenvalue weighted by Gasteiger charge is 2.17. The van der Waals surface area contributed by atoms with E-state index in [-0.39, 0.29) is 0 Å². The number of rotatable bonds is 2. The van der Waals surface area contributed by atoms with Crippen molar-refractivity contribution in [3.63, 3.8) is 0 Å². The molecular weight excluding hydrogens is 390 g/mol. The zero-order valence-corrected chi connectivity index (χ0v) is 17.4. The SMILES string of the molecule is c1ccc(-[15n]2c3ccccc3c3cc4c5ccccc5[15n](-c5ccccc5)c4cc32)cc1. The van der Waals surface area contributed by atoms with E-state index in [1.165, 1.54) is 55.0 Å². The van der Waals surface area contributed by atoms with Crippen LogP contribution in [0.1, 0.15) is 0 Å². The van der Waals surface area contributed by atoms with Crippen molar-refractivity contribution >= 4 is 43.6 Å². The third-order valence-electron chi connectivity index (χ3n) is 6.49. The van der Waals surface area contributed by atoms with E-state index < -0.39 is 0 Å². The standard InChI is InChI=1S/C30H20N2/c1-3-11-21(12-4-1)31-27-17-9-7-15-23(27)25-19-26-24-16-8-10-18-28(24)32(30(26)20-29(25)31)22-13-5-2-6-14-22/h1-20H/i31+1,32+1. The van der Waals surface area contributed by atoms with Crippen LogP contribution in [0.5, 0.6) is 0 Å². The van der Waals surface area contributed by atoms with Crippen molar-refractivity contribution in [2.45, 2.75) is 0 Å². The Balaban J connectivity index is 1.71. The fourth-order valence-corrected chi connectivity index (χ4v) is 5.14. The zero-order chi connectivity index (χ0) is 21.1. The molecule has 0 fully saturated rings. The van der Waals surface area contributed by atoms with E-state index in [1.54, 1.807) is 0 Å². The molecule has 0 atom stereocenters. The first-order chi connectivity index (χ1) is 15.9. The number of nitrogens with zero attached hydrogens (tertiary/aromatic N) is 2. The Bertz CT molecular complexity index is 1620. The van der Waals surface area contributed by atoms with Gasteiger partial charge in [-0.1, -0.05) is 72.8 Å². The maximum Gasteiger partial charge on any atom is 0.0562 e. The molecule has 7 aromatic rings. The molecule has 0 saturated carbocycles. The molecule has 0 saturated heterocycles. The fraction of sp³-hybridized carbons (Fsp3) is 0. The number of aromatic nitrogens is 2. The first-order valence-electron chi connectivity index (χ1n) is 11.0. The highest BCUT2D eigenvalue weighted by Crippen LogP contribution is 2.39.